The molecule has 0 unspecified atom stereocenters. The number of aromatic nitrogens is 2. The number of piperazine rings is 1. The molecule has 1 fully saturated rings. The number of hydrogen-bond acceptors (Lipinski definition) is 6. The fraction of sp³-hybridized carbons (Fsp3) is 0.320. The first-order valence-corrected chi connectivity index (χ1v) is 11.4. The number of rotatable bonds is 6. The summed E-state index contributed by atoms with van der Waals surface area (Å²) < 4.78 is 11.8. The molecule has 0 atom stereocenters. The van der Waals surface area contributed by atoms with Crippen molar-refractivity contribution in [3.63, 3.8) is 0 Å². The maximum absolute atomic E-state index is 13.0. The second-order valence-corrected chi connectivity index (χ2v) is 8.52. The first-order valence-electron chi connectivity index (χ1n) is 11.0. The molecule has 4 rings (SSSR count). The fourth-order valence-electron chi connectivity index (χ4n) is 4.06. The lowest BCUT2D eigenvalue weighted by atomic mass is 10.1. The Labute approximate surface area is 203 Å². The van der Waals surface area contributed by atoms with E-state index in [-0.39, 0.29) is 18.0 Å². The average Bonchev–Trinajstić information content (AvgIpc) is 2.86. The Bertz CT molecular complexity index is 1250. The third-order valence-corrected chi connectivity index (χ3v) is 6.21. The number of halogens is 1. The molecule has 0 spiro atoms. The smallest absolute Gasteiger partial charge is 0.267 e. The van der Waals surface area contributed by atoms with E-state index in [0.717, 1.165) is 16.8 Å². The van der Waals surface area contributed by atoms with Gasteiger partial charge in [0.1, 0.15) is 6.54 Å². The highest BCUT2D eigenvalue weighted by molar-refractivity contribution is 6.30. The molecule has 1 aliphatic heterocycles. The van der Waals surface area contributed by atoms with E-state index in [1.54, 1.807) is 37.3 Å². The molecule has 3 aromatic rings. The van der Waals surface area contributed by atoms with Gasteiger partial charge in [-0.3, -0.25) is 9.59 Å². The van der Waals surface area contributed by atoms with Gasteiger partial charge in [-0.15, -0.1) is 0 Å². The van der Waals surface area contributed by atoms with Crippen LogP contribution in [0.25, 0.3) is 11.3 Å². The van der Waals surface area contributed by atoms with E-state index >= 15 is 0 Å². The fourth-order valence-corrected chi connectivity index (χ4v) is 4.23. The van der Waals surface area contributed by atoms with Crippen molar-refractivity contribution < 1.29 is 14.3 Å². The lowest BCUT2D eigenvalue weighted by molar-refractivity contribution is -0.132. The van der Waals surface area contributed by atoms with Crippen LogP contribution in [0.2, 0.25) is 5.02 Å². The molecule has 0 saturated carbocycles. The monoisotopic (exact) mass is 482 g/mol. The number of amides is 1. The Morgan fingerprint density at radius 1 is 0.971 bits per heavy atom. The molecule has 1 aliphatic rings. The Morgan fingerprint density at radius 3 is 2.41 bits per heavy atom. The second-order valence-electron chi connectivity index (χ2n) is 8.08. The minimum Gasteiger partial charge on any atom is -0.493 e. The highest BCUT2D eigenvalue weighted by Crippen LogP contribution is 2.31. The second kappa shape index (κ2) is 10.2. The number of methoxy groups -OCH3 is 2. The first kappa shape index (κ1) is 23.6. The van der Waals surface area contributed by atoms with Crippen LogP contribution >= 0.6 is 11.6 Å². The van der Waals surface area contributed by atoms with Crippen LogP contribution in [0.4, 0.5) is 5.69 Å². The van der Waals surface area contributed by atoms with Crippen LogP contribution in [0.3, 0.4) is 0 Å². The van der Waals surface area contributed by atoms with Gasteiger partial charge >= 0.3 is 0 Å². The van der Waals surface area contributed by atoms with Crippen LogP contribution in [-0.4, -0.2) is 61.0 Å². The maximum atomic E-state index is 13.0. The molecule has 9 heteroatoms. The highest BCUT2D eigenvalue weighted by atomic mass is 35.5. The number of ether oxygens (including phenoxy) is 2. The van der Waals surface area contributed by atoms with E-state index in [9.17, 15) is 9.59 Å². The van der Waals surface area contributed by atoms with Crippen LogP contribution in [0.5, 0.6) is 11.5 Å². The van der Waals surface area contributed by atoms with Gasteiger partial charge in [-0.25, -0.2) is 4.68 Å². The average molecular weight is 483 g/mol. The molecule has 1 amide bonds. The molecule has 2 aromatic carbocycles. The standard InChI is InChI=1S/C25H27ClN4O4/c1-17-4-6-19(26)15-21(17)28-10-12-29(13-11-28)25(32)16-30-24(31)9-7-20(27-30)18-5-8-22(33-2)23(14-18)34-3/h4-9,14-15H,10-13,16H2,1-3H3. The van der Waals surface area contributed by atoms with Crippen molar-refractivity contribution in [1.29, 1.82) is 0 Å². The Morgan fingerprint density at radius 2 is 1.71 bits per heavy atom. The van der Waals surface area contributed by atoms with E-state index < -0.39 is 0 Å². The molecule has 0 aliphatic carbocycles. The predicted molar refractivity (Wildman–Crippen MR) is 132 cm³/mol. The van der Waals surface area contributed by atoms with Crippen LogP contribution in [-0.2, 0) is 11.3 Å². The molecular formula is C25H27ClN4O4. The molecule has 1 saturated heterocycles. The summed E-state index contributed by atoms with van der Waals surface area (Å²) in [5.74, 6) is 1.02. The molecule has 0 radical (unpaired) electrons. The molecule has 178 valence electrons. The van der Waals surface area contributed by atoms with Crippen LogP contribution < -0.4 is 19.9 Å². The molecule has 2 heterocycles. The Kier molecular flexibility index (Phi) is 7.07. The molecular weight excluding hydrogens is 456 g/mol. The quantitative estimate of drug-likeness (QED) is 0.537. The largest absolute Gasteiger partial charge is 0.493 e. The number of carbonyl (C=O) groups excluding carboxylic acids is 1. The predicted octanol–water partition coefficient (Wildman–Crippen LogP) is 3.24. The van der Waals surface area contributed by atoms with E-state index in [1.165, 1.54) is 10.7 Å². The number of anilines is 1. The Balaban J connectivity index is 1.46. The first-order chi connectivity index (χ1) is 16.4. The van der Waals surface area contributed by atoms with Crippen molar-refractivity contribution >= 4 is 23.2 Å². The zero-order chi connectivity index (χ0) is 24.2. The summed E-state index contributed by atoms with van der Waals surface area (Å²) in [6.07, 6.45) is 0. The topological polar surface area (TPSA) is 76.9 Å². The summed E-state index contributed by atoms with van der Waals surface area (Å²) in [6, 6.07) is 14.3. The van der Waals surface area contributed by atoms with E-state index in [0.29, 0.717) is 48.4 Å². The number of carbonyl (C=O) groups is 1. The minimum atomic E-state index is -0.328. The SMILES string of the molecule is COc1ccc(-c2ccc(=O)n(CC(=O)N3CCN(c4cc(Cl)ccc4C)CC3)n2)cc1OC. The number of hydrogen-bond donors (Lipinski definition) is 0. The molecule has 0 N–H and O–H groups in total. The minimum absolute atomic E-state index is 0.115. The lowest BCUT2D eigenvalue weighted by Gasteiger charge is -2.37. The van der Waals surface area contributed by atoms with Gasteiger partial charge < -0.3 is 19.3 Å². The van der Waals surface area contributed by atoms with Gasteiger partial charge in [0.25, 0.3) is 5.56 Å². The molecule has 8 nitrogen and oxygen atoms in total. The zero-order valence-corrected chi connectivity index (χ0v) is 20.2. The number of nitrogens with zero attached hydrogens (tertiary/aromatic N) is 4. The summed E-state index contributed by atoms with van der Waals surface area (Å²) in [5, 5.41) is 5.12. The number of benzene rings is 2. The summed E-state index contributed by atoms with van der Waals surface area (Å²) in [7, 11) is 3.12. The van der Waals surface area contributed by atoms with Crippen molar-refractivity contribution in [2.75, 3.05) is 45.3 Å². The van der Waals surface area contributed by atoms with Crippen molar-refractivity contribution in [3.8, 4) is 22.8 Å². The third-order valence-electron chi connectivity index (χ3n) is 5.98. The van der Waals surface area contributed by atoms with Crippen molar-refractivity contribution in [1.82, 2.24) is 14.7 Å². The maximum Gasteiger partial charge on any atom is 0.267 e. The summed E-state index contributed by atoms with van der Waals surface area (Å²) >= 11 is 6.17. The van der Waals surface area contributed by atoms with Crippen LogP contribution in [0.1, 0.15) is 5.56 Å². The third kappa shape index (κ3) is 5.02. The van der Waals surface area contributed by atoms with Gasteiger partial charge in [0, 0.05) is 48.5 Å². The van der Waals surface area contributed by atoms with Crippen molar-refractivity contribution in [2.24, 2.45) is 0 Å². The number of aryl methyl sites for hydroxylation is 1. The summed E-state index contributed by atoms with van der Waals surface area (Å²) in [6.45, 7) is 4.45. The van der Waals surface area contributed by atoms with Gasteiger partial charge in [0.2, 0.25) is 5.91 Å². The molecule has 34 heavy (non-hydrogen) atoms. The van der Waals surface area contributed by atoms with Gasteiger partial charge in [-0.1, -0.05) is 17.7 Å². The van der Waals surface area contributed by atoms with Crippen molar-refractivity contribution in [2.45, 2.75) is 13.5 Å². The van der Waals surface area contributed by atoms with E-state index in [1.807, 2.05) is 31.2 Å². The molecule has 0 bridgehead atoms. The highest BCUT2D eigenvalue weighted by Gasteiger charge is 2.23. The van der Waals surface area contributed by atoms with Crippen LogP contribution in [0.15, 0.2) is 53.3 Å². The van der Waals surface area contributed by atoms with Gasteiger partial charge in [0.15, 0.2) is 11.5 Å². The normalized spacial score (nSPS) is 13.6. The van der Waals surface area contributed by atoms with Gasteiger partial charge in [-0.2, -0.15) is 5.10 Å². The molecule has 1 aromatic heterocycles. The lowest BCUT2D eigenvalue weighted by Crippen LogP contribution is -2.50. The van der Waals surface area contributed by atoms with Gasteiger partial charge in [0.05, 0.1) is 19.9 Å². The summed E-state index contributed by atoms with van der Waals surface area (Å²) in [4.78, 5) is 29.4. The summed E-state index contributed by atoms with van der Waals surface area (Å²) in [5.41, 5.74) is 3.22. The van der Waals surface area contributed by atoms with E-state index in [4.69, 9.17) is 21.1 Å². The van der Waals surface area contributed by atoms with E-state index in [2.05, 4.69) is 10.00 Å². The van der Waals surface area contributed by atoms with Crippen molar-refractivity contribution in [3.05, 3.63) is 69.5 Å². The zero-order valence-electron chi connectivity index (χ0n) is 19.5. The van der Waals surface area contributed by atoms with Gasteiger partial charge in [-0.05, 0) is 48.9 Å². The van der Waals surface area contributed by atoms with Crippen LogP contribution in [0, 0.1) is 6.92 Å². The Hall–Kier alpha value is -3.52.